The van der Waals surface area contributed by atoms with Crippen LogP contribution >= 0.6 is 27.3 Å². The Balaban J connectivity index is 2.48. The molecule has 0 bridgehead atoms. The molecule has 3 heteroatoms. The Morgan fingerprint density at radius 2 is 2.06 bits per heavy atom. The smallest absolute Gasteiger partial charge is 0.0960 e. The predicted octanol–water partition coefficient (Wildman–Crippen LogP) is 5.00. The van der Waals surface area contributed by atoms with Gasteiger partial charge >= 0.3 is 0 Å². The summed E-state index contributed by atoms with van der Waals surface area (Å²) in [6.07, 6.45) is 0. The minimum atomic E-state index is 0.504. The van der Waals surface area contributed by atoms with Crippen LogP contribution in [0.2, 0.25) is 0 Å². The molecular formula is C13H14BrNS. The minimum absolute atomic E-state index is 0.504. The second-order valence-electron chi connectivity index (χ2n) is 4.12. The lowest BCUT2D eigenvalue weighted by molar-refractivity contribution is 0.853. The molecule has 0 spiro atoms. The number of benzene rings is 1. The van der Waals surface area contributed by atoms with Gasteiger partial charge in [0.15, 0.2) is 0 Å². The Morgan fingerprint density at radius 1 is 1.31 bits per heavy atom. The van der Waals surface area contributed by atoms with Crippen molar-refractivity contribution in [2.45, 2.75) is 26.7 Å². The fourth-order valence-electron chi connectivity index (χ4n) is 1.57. The third-order valence-electron chi connectivity index (χ3n) is 2.41. The third kappa shape index (κ3) is 2.36. The summed E-state index contributed by atoms with van der Waals surface area (Å²) in [6, 6.07) is 8.31. The van der Waals surface area contributed by atoms with Crippen molar-refractivity contribution < 1.29 is 0 Å². The molecule has 0 aliphatic carbocycles. The summed E-state index contributed by atoms with van der Waals surface area (Å²) in [4.78, 5) is 6.01. The zero-order chi connectivity index (χ0) is 11.7. The van der Waals surface area contributed by atoms with Crippen LogP contribution in [-0.2, 0) is 0 Å². The molecule has 84 valence electrons. The zero-order valence-corrected chi connectivity index (χ0v) is 12.0. The van der Waals surface area contributed by atoms with E-state index in [-0.39, 0.29) is 0 Å². The summed E-state index contributed by atoms with van der Waals surface area (Å²) < 4.78 is 1.10. The fourth-order valence-corrected chi connectivity index (χ4v) is 2.91. The van der Waals surface area contributed by atoms with Gasteiger partial charge in [0.25, 0.3) is 0 Å². The molecule has 0 N–H and O–H groups in total. The van der Waals surface area contributed by atoms with Gasteiger partial charge in [0.1, 0.15) is 0 Å². The second kappa shape index (κ2) is 4.68. The lowest BCUT2D eigenvalue weighted by atomic mass is 10.1. The van der Waals surface area contributed by atoms with E-state index in [1.165, 1.54) is 15.4 Å². The highest BCUT2D eigenvalue weighted by atomic mass is 79.9. The summed E-state index contributed by atoms with van der Waals surface area (Å²) in [5.41, 5.74) is 2.31. The Kier molecular flexibility index (Phi) is 3.45. The van der Waals surface area contributed by atoms with Crippen molar-refractivity contribution in [1.82, 2.24) is 4.98 Å². The van der Waals surface area contributed by atoms with Crippen molar-refractivity contribution in [2.75, 3.05) is 0 Å². The molecule has 0 fully saturated rings. The highest BCUT2D eigenvalue weighted by Gasteiger charge is 2.11. The first-order valence-electron chi connectivity index (χ1n) is 5.31. The number of aromatic nitrogens is 1. The van der Waals surface area contributed by atoms with Crippen LogP contribution < -0.4 is 0 Å². The first-order chi connectivity index (χ1) is 7.58. The van der Waals surface area contributed by atoms with Crippen LogP contribution in [0.5, 0.6) is 0 Å². The SMILES string of the molecule is Cc1sc(C(C)C)nc1-c1cccc(Br)c1. The molecule has 0 saturated carbocycles. The van der Waals surface area contributed by atoms with Crippen molar-refractivity contribution >= 4 is 27.3 Å². The van der Waals surface area contributed by atoms with Crippen LogP contribution in [-0.4, -0.2) is 4.98 Å². The van der Waals surface area contributed by atoms with Gasteiger partial charge in [-0.05, 0) is 19.1 Å². The molecule has 0 amide bonds. The Hall–Kier alpha value is -0.670. The molecule has 16 heavy (non-hydrogen) atoms. The molecule has 2 aromatic rings. The summed E-state index contributed by atoms with van der Waals surface area (Å²) in [5, 5.41) is 1.22. The summed E-state index contributed by atoms with van der Waals surface area (Å²) >= 11 is 5.29. The topological polar surface area (TPSA) is 12.9 Å². The molecule has 1 nitrogen and oxygen atoms in total. The fraction of sp³-hybridized carbons (Fsp3) is 0.308. The van der Waals surface area contributed by atoms with Gasteiger partial charge in [-0.1, -0.05) is 41.9 Å². The van der Waals surface area contributed by atoms with Gasteiger partial charge in [0, 0.05) is 20.8 Å². The highest BCUT2D eigenvalue weighted by molar-refractivity contribution is 9.10. The van der Waals surface area contributed by atoms with E-state index in [0.717, 1.165) is 10.2 Å². The Morgan fingerprint density at radius 3 is 2.62 bits per heavy atom. The Labute approximate surface area is 109 Å². The maximum absolute atomic E-state index is 4.72. The van der Waals surface area contributed by atoms with Gasteiger partial charge in [-0.2, -0.15) is 0 Å². The van der Waals surface area contributed by atoms with Crippen LogP contribution in [0.25, 0.3) is 11.3 Å². The monoisotopic (exact) mass is 295 g/mol. The largest absolute Gasteiger partial charge is 0.241 e. The average molecular weight is 296 g/mol. The number of aryl methyl sites for hydroxylation is 1. The van der Waals surface area contributed by atoms with Crippen LogP contribution in [0.4, 0.5) is 0 Å². The molecule has 0 saturated heterocycles. The van der Waals surface area contributed by atoms with Crippen molar-refractivity contribution in [3.63, 3.8) is 0 Å². The summed E-state index contributed by atoms with van der Waals surface area (Å²) in [5.74, 6) is 0.504. The molecule has 1 aromatic heterocycles. The third-order valence-corrected chi connectivity index (χ3v) is 4.17. The summed E-state index contributed by atoms with van der Waals surface area (Å²) in [6.45, 7) is 6.51. The lowest BCUT2D eigenvalue weighted by Crippen LogP contribution is -1.86. The number of nitrogens with zero attached hydrogens (tertiary/aromatic N) is 1. The molecule has 0 aliphatic heterocycles. The van der Waals surface area contributed by atoms with E-state index < -0.39 is 0 Å². The van der Waals surface area contributed by atoms with E-state index in [1.807, 2.05) is 12.1 Å². The maximum atomic E-state index is 4.72. The first kappa shape index (κ1) is 11.8. The minimum Gasteiger partial charge on any atom is -0.241 e. The van der Waals surface area contributed by atoms with Crippen LogP contribution in [0.3, 0.4) is 0 Å². The Bertz CT molecular complexity index is 502. The predicted molar refractivity (Wildman–Crippen MR) is 74.1 cm³/mol. The van der Waals surface area contributed by atoms with E-state index in [0.29, 0.717) is 5.92 Å². The molecule has 2 rings (SSSR count). The van der Waals surface area contributed by atoms with E-state index >= 15 is 0 Å². The van der Waals surface area contributed by atoms with Crippen molar-refractivity contribution in [3.8, 4) is 11.3 Å². The number of hydrogen-bond acceptors (Lipinski definition) is 2. The molecule has 0 radical (unpaired) electrons. The van der Waals surface area contributed by atoms with Crippen molar-refractivity contribution in [2.24, 2.45) is 0 Å². The molecule has 0 aliphatic rings. The van der Waals surface area contributed by atoms with Crippen LogP contribution in [0.15, 0.2) is 28.7 Å². The quantitative estimate of drug-likeness (QED) is 0.759. The normalized spacial score (nSPS) is 11.1. The molecular weight excluding hydrogens is 282 g/mol. The molecule has 0 unspecified atom stereocenters. The molecule has 1 aromatic carbocycles. The van der Waals surface area contributed by atoms with Crippen molar-refractivity contribution in [3.05, 3.63) is 38.6 Å². The molecule has 1 heterocycles. The standard InChI is InChI=1S/C13H14BrNS/c1-8(2)13-15-12(9(3)16-13)10-5-4-6-11(14)7-10/h4-8H,1-3H3. The maximum Gasteiger partial charge on any atom is 0.0960 e. The number of thiazole rings is 1. The lowest BCUT2D eigenvalue weighted by Gasteiger charge is -1.99. The van der Waals surface area contributed by atoms with E-state index in [2.05, 4.69) is 48.8 Å². The van der Waals surface area contributed by atoms with Gasteiger partial charge in [0.2, 0.25) is 0 Å². The number of halogens is 1. The van der Waals surface area contributed by atoms with E-state index in [4.69, 9.17) is 4.98 Å². The zero-order valence-electron chi connectivity index (χ0n) is 9.62. The van der Waals surface area contributed by atoms with E-state index in [9.17, 15) is 0 Å². The van der Waals surface area contributed by atoms with E-state index in [1.54, 1.807) is 11.3 Å². The van der Waals surface area contributed by atoms with Gasteiger partial charge in [0.05, 0.1) is 10.7 Å². The van der Waals surface area contributed by atoms with Crippen LogP contribution in [0, 0.1) is 6.92 Å². The number of rotatable bonds is 2. The highest BCUT2D eigenvalue weighted by Crippen LogP contribution is 2.31. The van der Waals surface area contributed by atoms with Gasteiger partial charge in [-0.15, -0.1) is 11.3 Å². The number of hydrogen-bond donors (Lipinski definition) is 0. The summed E-state index contributed by atoms with van der Waals surface area (Å²) in [7, 11) is 0. The average Bonchev–Trinajstić information content (AvgIpc) is 2.60. The molecule has 0 atom stereocenters. The van der Waals surface area contributed by atoms with Gasteiger partial charge in [-0.25, -0.2) is 4.98 Å². The van der Waals surface area contributed by atoms with Gasteiger partial charge < -0.3 is 0 Å². The van der Waals surface area contributed by atoms with Crippen LogP contribution in [0.1, 0.15) is 29.7 Å². The van der Waals surface area contributed by atoms with Crippen molar-refractivity contribution in [1.29, 1.82) is 0 Å². The first-order valence-corrected chi connectivity index (χ1v) is 6.92. The van der Waals surface area contributed by atoms with Gasteiger partial charge in [-0.3, -0.25) is 0 Å². The second-order valence-corrected chi connectivity index (χ2v) is 6.27.